The van der Waals surface area contributed by atoms with Crippen LogP contribution in [-0.4, -0.2) is 23.6 Å². The van der Waals surface area contributed by atoms with Crippen molar-refractivity contribution < 1.29 is 9.13 Å². The lowest BCUT2D eigenvalue weighted by atomic mass is 10.3. The van der Waals surface area contributed by atoms with Crippen molar-refractivity contribution in [1.29, 1.82) is 0 Å². The van der Waals surface area contributed by atoms with Crippen LogP contribution >= 0.6 is 11.6 Å². The number of hydrogen-bond donors (Lipinski definition) is 0. The SMILES string of the molecule is CCN(C)c1cc(Oc2ccc(F)cc2Cl)ncn1. The number of hydrogen-bond acceptors (Lipinski definition) is 4. The minimum absolute atomic E-state index is 0.198. The molecule has 0 saturated heterocycles. The van der Waals surface area contributed by atoms with Gasteiger partial charge in [0.25, 0.3) is 0 Å². The smallest absolute Gasteiger partial charge is 0.224 e. The van der Waals surface area contributed by atoms with Gasteiger partial charge in [-0.05, 0) is 25.1 Å². The first-order valence-corrected chi connectivity index (χ1v) is 6.14. The van der Waals surface area contributed by atoms with Gasteiger partial charge >= 0.3 is 0 Å². The third-order valence-electron chi connectivity index (χ3n) is 2.60. The number of anilines is 1. The van der Waals surface area contributed by atoms with E-state index in [-0.39, 0.29) is 5.02 Å². The molecular weight excluding hydrogens is 269 g/mol. The summed E-state index contributed by atoms with van der Waals surface area (Å²) in [6, 6.07) is 5.63. The van der Waals surface area contributed by atoms with Gasteiger partial charge in [-0.25, -0.2) is 14.4 Å². The average molecular weight is 282 g/mol. The molecule has 0 spiro atoms. The third-order valence-corrected chi connectivity index (χ3v) is 2.90. The number of halogens is 2. The summed E-state index contributed by atoms with van der Waals surface area (Å²) in [5, 5.41) is 0.198. The van der Waals surface area contributed by atoms with Crippen molar-refractivity contribution in [3.8, 4) is 11.6 Å². The normalized spacial score (nSPS) is 10.3. The van der Waals surface area contributed by atoms with Crippen LogP contribution in [0.2, 0.25) is 5.02 Å². The summed E-state index contributed by atoms with van der Waals surface area (Å²) in [5.41, 5.74) is 0. The van der Waals surface area contributed by atoms with Crippen molar-refractivity contribution in [2.24, 2.45) is 0 Å². The zero-order chi connectivity index (χ0) is 13.8. The predicted molar refractivity (Wildman–Crippen MR) is 72.5 cm³/mol. The highest BCUT2D eigenvalue weighted by Gasteiger charge is 2.08. The summed E-state index contributed by atoms with van der Waals surface area (Å²) in [6.07, 6.45) is 1.41. The van der Waals surface area contributed by atoms with Crippen LogP contribution in [0.3, 0.4) is 0 Å². The number of benzene rings is 1. The maximum Gasteiger partial charge on any atom is 0.224 e. The fourth-order valence-corrected chi connectivity index (χ4v) is 1.63. The van der Waals surface area contributed by atoms with E-state index in [1.54, 1.807) is 6.07 Å². The molecule has 1 aromatic heterocycles. The predicted octanol–water partition coefficient (Wildman–Crippen LogP) is 3.52. The van der Waals surface area contributed by atoms with E-state index in [4.69, 9.17) is 16.3 Å². The molecule has 2 aromatic rings. The molecule has 0 radical (unpaired) electrons. The molecule has 1 aromatic carbocycles. The van der Waals surface area contributed by atoms with Crippen LogP contribution < -0.4 is 9.64 Å². The number of rotatable bonds is 4. The number of ether oxygens (including phenoxy) is 1. The Morgan fingerprint density at radius 1 is 1.32 bits per heavy atom. The summed E-state index contributed by atoms with van der Waals surface area (Å²) in [5.74, 6) is 1.04. The molecule has 19 heavy (non-hydrogen) atoms. The number of nitrogens with zero attached hydrogens (tertiary/aromatic N) is 3. The van der Waals surface area contributed by atoms with Crippen molar-refractivity contribution in [2.75, 3.05) is 18.5 Å². The van der Waals surface area contributed by atoms with Gasteiger partial charge in [0.1, 0.15) is 23.7 Å². The highest BCUT2D eigenvalue weighted by atomic mass is 35.5. The van der Waals surface area contributed by atoms with Gasteiger partial charge < -0.3 is 9.64 Å². The monoisotopic (exact) mass is 281 g/mol. The molecule has 0 aliphatic rings. The van der Waals surface area contributed by atoms with E-state index in [1.807, 2.05) is 18.9 Å². The molecule has 0 amide bonds. The first kappa shape index (κ1) is 13.5. The maximum absolute atomic E-state index is 12.9. The van der Waals surface area contributed by atoms with Crippen LogP contribution in [0.15, 0.2) is 30.6 Å². The molecule has 100 valence electrons. The Morgan fingerprint density at radius 3 is 2.79 bits per heavy atom. The molecule has 0 atom stereocenters. The van der Waals surface area contributed by atoms with Crippen LogP contribution in [0.4, 0.5) is 10.2 Å². The minimum atomic E-state index is -0.411. The molecule has 2 rings (SSSR count). The maximum atomic E-state index is 12.9. The highest BCUT2D eigenvalue weighted by molar-refractivity contribution is 6.32. The summed E-state index contributed by atoms with van der Waals surface area (Å²) in [7, 11) is 1.91. The van der Waals surface area contributed by atoms with Crippen molar-refractivity contribution in [3.05, 3.63) is 41.4 Å². The Hall–Kier alpha value is -1.88. The van der Waals surface area contributed by atoms with Crippen molar-refractivity contribution in [1.82, 2.24) is 9.97 Å². The largest absolute Gasteiger partial charge is 0.437 e. The average Bonchev–Trinajstić information content (AvgIpc) is 2.41. The highest BCUT2D eigenvalue weighted by Crippen LogP contribution is 2.29. The van der Waals surface area contributed by atoms with E-state index < -0.39 is 5.82 Å². The first-order chi connectivity index (χ1) is 9.10. The molecule has 0 fully saturated rings. The van der Waals surface area contributed by atoms with E-state index in [0.29, 0.717) is 11.6 Å². The van der Waals surface area contributed by atoms with Gasteiger partial charge in [0.05, 0.1) is 5.02 Å². The third kappa shape index (κ3) is 3.32. The van der Waals surface area contributed by atoms with Crippen molar-refractivity contribution >= 4 is 17.4 Å². The molecule has 0 saturated carbocycles. The quantitative estimate of drug-likeness (QED) is 0.859. The fraction of sp³-hybridized carbons (Fsp3) is 0.231. The molecule has 4 nitrogen and oxygen atoms in total. The van der Waals surface area contributed by atoms with E-state index in [1.165, 1.54) is 24.5 Å². The van der Waals surface area contributed by atoms with Gasteiger partial charge in [-0.15, -0.1) is 0 Å². The van der Waals surface area contributed by atoms with E-state index in [2.05, 4.69) is 9.97 Å². The van der Waals surface area contributed by atoms with Crippen LogP contribution in [0.5, 0.6) is 11.6 Å². The molecule has 1 heterocycles. The van der Waals surface area contributed by atoms with E-state index in [9.17, 15) is 4.39 Å². The first-order valence-electron chi connectivity index (χ1n) is 5.76. The van der Waals surface area contributed by atoms with Gasteiger partial charge in [0.15, 0.2) is 0 Å². The van der Waals surface area contributed by atoms with Gasteiger partial charge in [-0.2, -0.15) is 0 Å². The van der Waals surface area contributed by atoms with Crippen LogP contribution in [-0.2, 0) is 0 Å². The second-order valence-corrected chi connectivity index (χ2v) is 4.31. The summed E-state index contributed by atoms with van der Waals surface area (Å²) in [6.45, 7) is 2.83. The molecule has 0 bridgehead atoms. The lowest BCUT2D eigenvalue weighted by molar-refractivity contribution is 0.460. The minimum Gasteiger partial charge on any atom is -0.437 e. The number of aromatic nitrogens is 2. The van der Waals surface area contributed by atoms with E-state index in [0.717, 1.165) is 12.4 Å². The molecule has 6 heteroatoms. The second kappa shape index (κ2) is 5.84. The topological polar surface area (TPSA) is 38.2 Å². The van der Waals surface area contributed by atoms with Crippen LogP contribution in [0, 0.1) is 5.82 Å². The second-order valence-electron chi connectivity index (χ2n) is 3.91. The summed E-state index contributed by atoms with van der Waals surface area (Å²) >= 11 is 5.89. The Balaban J connectivity index is 2.23. The molecule has 0 aliphatic heterocycles. The van der Waals surface area contributed by atoms with Gasteiger partial charge in [-0.3, -0.25) is 0 Å². The molecule has 0 aliphatic carbocycles. The molecule has 0 unspecified atom stereocenters. The standard InChI is InChI=1S/C13H13ClFN3O/c1-3-18(2)12-7-13(17-8-16-12)19-11-5-4-9(15)6-10(11)14/h4-8H,3H2,1-2H3. The Bertz CT molecular complexity index is 580. The zero-order valence-corrected chi connectivity index (χ0v) is 11.4. The van der Waals surface area contributed by atoms with E-state index >= 15 is 0 Å². The van der Waals surface area contributed by atoms with Crippen LogP contribution in [0.1, 0.15) is 6.92 Å². The van der Waals surface area contributed by atoms with Crippen LogP contribution in [0.25, 0.3) is 0 Å². The van der Waals surface area contributed by atoms with Gasteiger partial charge in [0.2, 0.25) is 5.88 Å². The Morgan fingerprint density at radius 2 is 2.11 bits per heavy atom. The Labute approximate surface area is 115 Å². The van der Waals surface area contributed by atoms with Gasteiger partial charge in [0, 0.05) is 19.7 Å². The fourth-order valence-electron chi connectivity index (χ4n) is 1.43. The molecule has 0 N–H and O–H groups in total. The lowest BCUT2D eigenvalue weighted by Crippen LogP contribution is -2.17. The van der Waals surface area contributed by atoms with Crippen molar-refractivity contribution in [2.45, 2.75) is 6.92 Å². The zero-order valence-electron chi connectivity index (χ0n) is 10.6. The summed E-state index contributed by atoms with van der Waals surface area (Å²) in [4.78, 5) is 10.1. The lowest BCUT2D eigenvalue weighted by Gasteiger charge is -2.15. The van der Waals surface area contributed by atoms with Gasteiger partial charge in [-0.1, -0.05) is 11.6 Å². The van der Waals surface area contributed by atoms with Crippen molar-refractivity contribution in [3.63, 3.8) is 0 Å². The molecular formula is C13H13ClFN3O. The summed E-state index contributed by atoms with van der Waals surface area (Å²) < 4.78 is 18.5. The Kier molecular flexibility index (Phi) is 4.16.